The highest BCUT2D eigenvalue weighted by Gasteiger charge is 2.30. The molecular weight excluding hydrogens is 300 g/mol. The van der Waals surface area contributed by atoms with E-state index in [1.165, 1.54) is 28.6 Å². The molecule has 2 rings (SSSR count). The first kappa shape index (κ1) is 14.9. The van der Waals surface area contributed by atoms with Gasteiger partial charge in [0.1, 0.15) is 0 Å². The molecule has 0 unspecified atom stereocenters. The zero-order valence-electron chi connectivity index (χ0n) is 12.2. The van der Waals surface area contributed by atoms with Crippen molar-refractivity contribution in [1.82, 2.24) is 5.32 Å². The summed E-state index contributed by atoms with van der Waals surface area (Å²) in [6.45, 7) is 9.84. The van der Waals surface area contributed by atoms with E-state index in [0.29, 0.717) is 5.92 Å². The third kappa shape index (κ3) is 4.22. The Kier molecular flexibility index (Phi) is 5.28. The van der Waals surface area contributed by atoms with Crippen LogP contribution < -0.4 is 10.2 Å². The molecule has 3 heteroatoms. The summed E-state index contributed by atoms with van der Waals surface area (Å²) in [5.74, 6) is 0.703. The second-order valence-corrected chi connectivity index (χ2v) is 6.70. The molecule has 106 valence electrons. The summed E-state index contributed by atoms with van der Waals surface area (Å²) in [7, 11) is 0. The summed E-state index contributed by atoms with van der Waals surface area (Å²) < 4.78 is 1.23. The summed E-state index contributed by atoms with van der Waals surface area (Å²) in [5.41, 5.74) is 2.70. The second kappa shape index (κ2) is 6.76. The van der Waals surface area contributed by atoms with E-state index >= 15 is 0 Å². The number of hydrogen-bond acceptors (Lipinski definition) is 2. The maximum atomic E-state index is 3.76. The number of benzene rings is 1. The van der Waals surface area contributed by atoms with Crippen LogP contribution in [0.3, 0.4) is 0 Å². The monoisotopic (exact) mass is 324 g/mol. The molecule has 0 atom stereocenters. The molecule has 0 amide bonds. The predicted molar refractivity (Wildman–Crippen MR) is 86.7 cm³/mol. The Hall–Kier alpha value is -0.540. The molecule has 1 N–H and O–H groups in total. The highest BCUT2D eigenvalue weighted by atomic mass is 79.9. The van der Waals surface area contributed by atoms with Crippen molar-refractivity contribution in [3.8, 4) is 0 Å². The Balaban J connectivity index is 2.13. The molecule has 0 saturated heterocycles. The summed E-state index contributed by atoms with van der Waals surface area (Å²) >= 11 is 3.76. The summed E-state index contributed by atoms with van der Waals surface area (Å²) in [6.07, 6.45) is 2.69. The SMILES string of the molecule is CCNCc1ccc(N(CC(C)C)C2CC2)c(Br)c1. The highest BCUT2D eigenvalue weighted by molar-refractivity contribution is 9.10. The van der Waals surface area contributed by atoms with E-state index in [2.05, 4.69) is 65.1 Å². The summed E-state index contributed by atoms with van der Waals surface area (Å²) in [5, 5.41) is 3.37. The number of rotatable bonds is 7. The van der Waals surface area contributed by atoms with E-state index in [9.17, 15) is 0 Å². The quantitative estimate of drug-likeness (QED) is 0.809. The smallest absolute Gasteiger partial charge is 0.0513 e. The first-order chi connectivity index (χ1) is 9.11. The molecular formula is C16H25BrN2. The van der Waals surface area contributed by atoms with Crippen molar-refractivity contribution < 1.29 is 0 Å². The van der Waals surface area contributed by atoms with Crippen molar-refractivity contribution in [2.75, 3.05) is 18.0 Å². The Morgan fingerprint density at radius 3 is 2.63 bits per heavy atom. The lowest BCUT2D eigenvalue weighted by Gasteiger charge is -2.28. The highest BCUT2D eigenvalue weighted by Crippen LogP contribution is 2.36. The van der Waals surface area contributed by atoms with E-state index in [1.54, 1.807) is 0 Å². The Morgan fingerprint density at radius 2 is 2.11 bits per heavy atom. The van der Waals surface area contributed by atoms with Crippen LogP contribution in [0.25, 0.3) is 0 Å². The third-order valence-corrected chi connectivity index (χ3v) is 4.09. The second-order valence-electron chi connectivity index (χ2n) is 5.84. The van der Waals surface area contributed by atoms with Gasteiger partial charge in [-0.15, -0.1) is 0 Å². The van der Waals surface area contributed by atoms with Crippen LogP contribution in [0.1, 0.15) is 39.2 Å². The zero-order chi connectivity index (χ0) is 13.8. The van der Waals surface area contributed by atoms with Gasteiger partial charge in [-0.25, -0.2) is 0 Å². The zero-order valence-corrected chi connectivity index (χ0v) is 13.8. The Morgan fingerprint density at radius 1 is 1.37 bits per heavy atom. The summed E-state index contributed by atoms with van der Waals surface area (Å²) in [4.78, 5) is 2.58. The lowest BCUT2D eigenvalue weighted by atomic mass is 10.1. The largest absolute Gasteiger partial charge is 0.367 e. The van der Waals surface area contributed by atoms with Crippen molar-refractivity contribution in [3.05, 3.63) is 28.2 Å². The number of hydrogen-bond donors (Lipinski definition) is 1. The molecule has 19 heavy (non-hydrogen) atoms. The van der Waals surface area contributed by atoms with Crippen LogP contribution in [0.5, 0.6) is 0 Å². The lowest BCUT2D eigenvalue weighted by molar-refractivity contribution is 0.606. The normalized spacial score (nSPS) is 15.0. The molecule has 1 saturated carbocycles. The molecule has 1 fully saturated rings. The standard InChI is InChI=1S/C16H25BrN2/c1-4-18-10-13-5-8-16(15(17)9-13)19(11-12(2)3)14-6-7-14/h5,8-9,12,14,18H,4,6-7,10-11H2,1-3H3. The molecule has 0 spiro atoms. The average Bonchev–Trinajstić information content (AvgIpc) is 3.18. The van der Waals surface area contributed by atoms with Gasteiger partial charge in [-0.1, -0.05) is 26.8 Å². The molecule has 0 heterocycles. The average molecular weight is 325 g/mol. The van der Waals surface area contributed by atoms with Gasteiger partial charge in [0.05, 0.1) is 5.69 Å². The molecule has 0 bridgehead atoms. The van der Waals surface area contributed by atoms with Gasteiger partial charge in [-0.3, -0.25) is 0 Å². The van der Waals surface area contributed by atoms with Gasteiger partial charge in [-0.05, 0) is 58.9 Å². The van der Waals surface area contributed by atoms with Crippen LogP contribution in [-0.4, -0.2) is 19.1 Å². The van der Waals surface area contributed by atoms with Gasteiger partial charge in [0.2, 0.25) is 0 Å². The molecule has 0 radical (unpaired) electrons. The Labute approximate surface area is 125 Å². The van der Waals surface area contributed by atoms with E-state index in [0.717, 1.165) is 25.7 Å². The molecule has 0 aliphatic heterocycles. The van der Waals surface area contributed by atoms with Crippen LogP contribution in [0.4, 0.5) is 5.69 Å². The van der Waals surface area contributed by atoms with Gasteiger partial charge in [-0.2, -0.15) is 0 Å². The third-order valence-electron chi connectivity index (χ3n) is 3.45. The number of nitrogens with zero attached hydrogens (tertiary/aromatic N) is 1. The van der Waals surface area contributed by atoms with Crippen molar-refractivity contribution in [2.45, 2.75) is 46.2 Å². The van der Waals surface area contributed by atoms with Crippen molar-refractivity contribution >= 4 is 21.6 Å². The number of anilines is 1. The molecule has 0 aromatic heterocycles. The minimum absolute atomic E-state index is 0.703. The molecule has 1 aromatic carbocycles. The predicted octanol–water partition coefficient (Wildman–Crippen LogP) is 4.18. The lowest BCUT2D eigenvalue weighted by Crippen LogP contribution is -2.30. The van der Waals surface area contributed by atoms with Crippen LogP contribution in [0, 0.1) is 5.92 Å². The first-order valence-corrected chi connectivity index (χ1v) is 8.17. The first-order valence-electron chi connectivity index (χ1n) is 7.37. The van der Waals surface area contributed by atoms with Crippen molar-refractivity contribution in [2.24, 2.45) is 5.92 Å². The maximum Gasteiger partial charge on any atom is 0.0513 e. The molecule has 1 aliphatic carbocycles. The summed E-state index contributed by atoms with van der Waals surface area (Å²) in [6, 6.07) is 7.54. The number of halogens is 1. The fourth-order valence-electron chi connectivity index (χ4n) is 2.39. The van der Waals surface area contributed by atoms with Crippen molar-refractivity contribution in [1.29, 1.82) is 0 Å². The van der Waals surface area contributed by atoms with E-state index in [4.69, 9.17) is 0 Å². The molecule has 1 aliphatic rings. The molecule has 1 aromatic rings. The van der Waals surface area contributed by atoms with E-state index in [1.807, 2.05) is 0 Å². The van der Waals surface area contributed by atoms with Crippen LogP contribution in [0.15, 0.2) is 22.7 Å². The number of nitrogens with one attached hydrogen (secondary N) is 1. The minimum Gasteiger partial charge on any atom is -0.367 e. The van der Waals surface area contributed by atoms with Crippen LogP contribution in [0.2, 0.25) is 0 Å². The fraction of sp³-hybridized carbons (Fsp3) is 0.625. The minimum atomic E-state index is 0.703. The van der Waals surface area contributed by atoms with E-state index < -0.39 is 0 Å². The fourth-order valence-corrected chi connectivity index (χ4v) is 3.04. The van der Waals surface area contributed by atoms with Gasteiger partial charge in [0.15, 0.2) is 0 Å². The van der Waals surface area contributed by atoms with Gasteiger partial charge in [0.25, 0.3) is 0 Å². The van der Waals surface area contributed by atoms with Gasteiger partial charge < -0.3 is 10.2 Å². The van der Waals surface area contributed by atoms with E-state index in [-0.39, 0.29) is 0 Å². The van der Waals surface area contributed by atoms with Crippen molar-refractivity contribution in [3.63, 3.8) is 0 Å². The van der Waals surface area contributed by atoms with Crippen LogP contribution >= 0.6 is 15.9 Å². The Bertz CT molecular complexity index is 413. The maximum absolute atomic E-state index is 3.76. The molecule has 2 nitrogen and oxygen atoms in total. The van der Waals surface area contributed by atoms with Gasteiger partial charge in [0, 0.05) is 23.6 Å². The topological polar surface area (TPSA) is 15.3 Å². The van der Waals surface area contributed by atoms with Gasteiger partial charge >= 0.3 is 0 Å². The van der Waals surface area contributed by atoms with Crippen LogP contribution in [-0.2, 0) is 6.54 Å².